The van der Waals surface area contributed by atoms with E-state index in [1.54, 1.807) is 6.20 Å². The van der Waals surface area contributed by atoms with Crippen molar-refractivity contribution in [2.24, 2.45) is 0 Å². The van der Waals surface area contributed by atoms with E-state index in [9.17, 15) is 19.8 Å². The molecule has 10 heteroatoms. The van der Waals surface area contributed by atoms with Gasteiger partial charge >= 0.3 is 11.9 Å². The Morgan fingerprint density at radius 2 is 1.33 bits per heavy atom. The van der Waals surface area contributed by atoms with Crippen molar-refractivity contribution in [3.63, 3.8) is 0 Å². The Kier molecular flexibility index (Phi) is 11.2. The van der Waals surface area contributed by atoms with Crippen molar-refractivity contribution in [3.05, 3.63) is 129 Å². The van der Waals surface area contributed by atoms with E-state index in [0.29, 0.717) is 13.1 Å². The Morgan fingerprint density at radius 1 is 0.724 bits per heavy atom. The van der Waals surface area contributed by atoms with Gasteiger partial charge in [0.2, 0.25) is 0 Å². The molecule has 3 atom stereocenters. The molecule has 3 unspecified atom stereocenters. The van der Waals surface area contributed by atoms with Crippen LogP contribution in [0.5, 0.6) is 0 Å². The number of aromatic nitrogens is 4. The van der Waals surface area contributed by atoms with Crippen molar-refractivity contribution >= 4 is 33.7 Å². The van der Waals surface area contributed by atoms with E-state index >= 15 is 0 Å². The fourth-order valence-electron chi connectivity index (χ4n) is 9.90. The van der Waals surface area contributed by atoms with Crippen LogP contribution in [0.4, 0.5) is 0 Å². The Balaban J connectivity index is 1.14. The zero-order valence-electron chi connectivity index (χ0n) is 34.5. The molecular formula is C48H56N6O4. The Labute approximate surface area is 341 Å². The van der Waals surface area contributed by atoms with Crippen LogP contribution in [-0.4, -0.2) is 84.3 Å². The zero-order valence-corrected chi connectivity index (χ0v) is 34.5. The fourth-order valence-corrected chi connectivity index (χ4v) is 9.90. The van der Waals surface area contributed by atoms with Gasteiger partial charge in [-0.2, -0.15) is 0 Å². The molecule has 6 heterocycles. The van der Waals surface area contributed by atoms with Crippen molar-refractivity contribution in [2.75, 3.05) is 33.2 Å². The van der Waals surface area contributed by atoms with Gasteiger partial charge in [0.05, 0.1) is 24.6 Å². The highest BCUT2D eigenvalue weighted by atomic mass is 16.4. The summed E-state index contributed by atoms with van der Waals surface area (Å²) in [5.41, 5.74) is 13.8. The third-order valence-corrected chi connectivity index (χ3v) is 12.9. The predicted octanol–water partition coefficient (Wildman–Crippen LogP) is 8.02. The molecule has 2 aliphatic rings. The SMILES string of the molecule is CCN1CCc2c(c3cc(C)ccc3n2CC(CC(=O)O)c2ccnc(C)c2)CC1c1ccc(C(CC(=O)O)Cn2c3c(c4cc(C)ccc42)CCN(C)CC3)cn1. The van der Waals surface area contributed by atoms with Gasteiger partial charge in [-0.1, -0.05) is 36.2 Å². The molecule has 2 aromatic carbocycles. The lowest BCUT2D eigenvalue weighted by molar-refractivity contribution is -0.138. The molecule has 0 saturated heterocycles. The lowest BCUT2D eigenvalue weighted by Crippen LogP contribution is -2.31. The number of likely N-dealkylation sites (N-methyl/N-ethyl adjacent to an activating group) is 2. The number of nitrogens with zero attached hydrogens (tertiary/aromatic N) is 6. The van der Waals surface area contributed by atoms with E-state index in [1.807, 2.05) is 25.3 Å². The average Bonchev–Trinajstić information content (AvgIpc) is 3.42. The molecule has 4 aromatic heterocycles. The first-order chi connectivity index (χ1) is 28.0. The minimum absolute atomic E-state index is 0.0237. The van der Waals surface area contributed by atoms with Gasteiger partial charge in [0.25, 0.3) is 0 Å². The molecule has 0 bridgehead atoms. The van der Waals surface area contributed by atoms with Crippen LogP contribution in [0.15, 0.2) is 73.1 Å². The van der Waals surface area contributed by atoms with Crippen LogP contribution >= 0.6 is 0 Å². The lowest BCUT2D eigenvalue weighted by Gasteiger charge is -2.29. The van der Waals surface area contributed by atoms with Gasteiger partial charge in [-0.3, -0.25) is 24.5 Å². The van der Waals surface area contributed by atoms with Gasteiger partial charge in [-0.25, -0.2) is 0 Å². The Bertz CT molecular complexity index is 2480. The highest BCUT2D eigenvalue weighted by Gasteiger charge is 2.32. The average molecular weight is 781 g/mol. The third-order valence-electron chi connectivity index (χ3n) is 12.9. The standard InChI is InChI=1S/C48H56N6O4/c1-6-52-20-16-45-40(39-22-31(3)8-12-43(39)54(45)28-35(24-47(55)56)33-13-17-49-32(4)23-33)26-46(52)41-10-9-34(27-50-41)36(25-48(57)58)29-53-42-11-7-30(2)21-38(42)37-14-18-51(5)19-15-44(37)53/h7-13,17,21-23,27,35-36,46H,6,14-16,18-20,24-26,28-29H2,1-5H3,(H,55,56)(H,57,58). The zero-order chi connectivity index (χ0) is 40.7. The van der Waals surface area contributed by atoms with Gasteiger partial charge in [-0.05, 0) is 112 Å². The van der Waals surface area contributed by atoms with Gasteiger partial charge in [0, 0.05) is 109 Å². The monoisotopic (exact) mass is 780 g/mol. The molecule has 0 amide bonds. The molecule has 8 rings (SSSR count). The second-order valence-corrected chi connectivity index (χ2v) is 16.9. The van der Waals surface area contributed by atoms with E-state index in [1.165, 1.54) is 49.9 Å². The van der Waals surface area contributed by atoms with Crippen molar-refractivity contribution in [3.8, 4) is 0 Å². The molecule has 302 valence electrons. The van der Waals surface area contributed by atoms with E-state index in [2.05, 4.69) is 100 Å². The quantitative estimate of drug-likeness (QED) is 0.128. The normalized spacial score (nSPS) is 17.4. The smallest absolute Gasteiger partial charge is 0.304 e. The van der Waals surface area contributed by atoms with Crippen molar-refractivity contribution in [1.82, 2.24) is 28.9 Å². The predicted molar refractivity (Wildman–Crippen MR) is 229 cm³/mol. The minimum atomic E-state index is -0.811. The van der Waals surface area contributed by atoms with Gasteiger partial charge in [-0.15, -0.1) is 0 Å². The first kappa shape index (κ1) is 39.5. The number of hydrogen-bond donors (Lipinski definition) is 2. The molecule has 2 aliphatic heterocycles. The molecule has 0 saturated carbocycles. The summed E-state index contributed by atoms with van der Waals surface area (Å²) in [5.74, 6) is -2.07. The summed E-state index contributed by atoms with van der Waals surface area (Å²) in [7, 11) is 2.18. The maximum Gasteiger partial charge on any atom is 0.304 e. The largest absolute Gasteiger partial charge is 0.481 e. The number of carboxylic acids is 2. The van der Waals surface area contributed by atoms with Gasteiger partial charge in [0.1, 0.15) is 0 Å². The Hall–Kier alpha value is -5.32. The van der Waals surface area contributed by atoms with Gasteiger partial charge < -0.3 is 24.2 Å². The number of carbonyl (C=O) groups is 2. The van der Waals surface area contributed by atoms with Crippen LogP contribution in [0, 0.1) is 20.8 Å². The van der Waals surface area contributed by atoms with Crippen LogP contribution in [0.2, 0.25) is 0 Å². The number of rotatable bonds is 12. The second-order valence-electron chi connectivity index (χ2n) is 16.9. The number of aliphatic carboxylic acids is 2. The third kappa shape index (κ3) is 7.92. The topological polar surface area (TPSA) is 117 Å². The minimum Gasteiger partial charge on any atom is -0.481 e. The van der Waals surface area contributed by atoms with E-state index < -0.39 is 11.9 Å². The number of pyridine rings is 2. The molecule has 58 heavy (non-hydrogen) atoms. The summed E-state index contributed by atoms with van der Waals surface area (Å²) >= 11 is 0. The maximum atomic E-state index is 12.4. The molecule has 0 radical (unpaired) electrons. The summed E-state index contributed by atoms with van der Waals surface area (Å²) < 4.78 is 4.80. The van der Waals surface area contributed by atoms with Crippen molar-refractivity contribution in [1.29, 1.82) is 0 Å². The highest BCUT2D eigenvalue weighted by Crippen LogP contribution is 2.39. The number of carboxylic acid groups (broad SMARTS) is 2. The first-order valence-electron chi connectivity index (χ1n) is 20.9. The number of aryl methyl sites for hydroxylation is 3. The van der Waals surface area contributed by atoms with Crippen molar-refractivity contribution in [2.45, 2.75) is 97.2 Å². The van der Waals surface area contributed by atoms with E-state index in [4.69, 9.17) is 4.98 Å². The molecule has 10 nitrogen and oxygen atoms in total. The van der Waals surface area contributed by atoms with Crippen molar-refractivity contribution < 1.29 is 19.8 Å². The molecule has 2 N–H and O–H groups in total. The summed E-state index contributed by atoms with van der Waals surface area (Å²) in [6, 6.07) is 21.6. The van der Waals surface area contributed by atoms with Crippen LogP contribution in [-0.2, 0) is 48.4 Å². The maximum absolute atomic E-state index is 12.4. The van der Waals surface area contributed by atoms with Gasteiger partial charge in [0.15, 0.2) is 0 Å². The summed E-state index contributed by atoms with van der Waals surface area (Å²) in [5, 5.41) is 22.7. The number of benzene rings is 2. The number of fused-ring (bicyclic) bond motifs is 6. The number of hydrogen-bond acceptors (Lipinski definition) is 6. The molecule has 0 aliphatic carbocycles. The van der Waals surface area contributed by atoms with E-state index in [-0.39, 0.29) is 30.7 Å². The molecule has 0 fully saturated rings. The molecular weight excluding hydrogens is 725 g/mol. The highest BCUT2D eigenvalue weighted by molar-refractivity contribution is 5.87. The second kappa shape index (κ2) is 16.5. The lowest BCUT2D eigenvalue weighted by atomic mass is 9.94. The first-order valence-corrected chi connectivity index (χ1v) is 20.9. The molecule has 0 spiro atoms. The van der Waals surface area contributed by atoms with E-state index in [0.717, 1.165) is 79.9 Å². The summed E-state index contributed by atoms with van der Waals surface area (Å²) in [6.07, 6.45) is 7.31. The summed E-state index contributed by atoms with van der Waals surface area (Å²) in [4.78, 5) is 39.1. The molecule has 6 aromatic rings. The van der Waals surface area contributed by atoms with Crippen LogP contribution in [0.25, 0.3) is 21.8 Å². The Morgan fingerprint density at radius 3 is 1.93 bits per heavy atom. The summed E-state index contributed by atoms with van der Waals surface area (Å²) in [6.45, 7) is 13.3. The van der Waals surface area contributed by atoms with Crippen LogP contribution in [0.1, 0.15) is 93.8 Å². The van der Waals surface area contributed by atoms with Crippen LogP contribution in [0.3, 0.4) is 0 Å². The fraction of sp³-hybridized carbons (Fsp3) is 0.417. The van der Waals surface area contributed by atoms with Crippen LogP contribution < -0.4 is 0 Å².